The number of phenolic OH excluding ortho intramolecular Hbond substituents is 1. The van der Waals surface area contributed by atoms with Gasteiger partial charge in [-0.15, -0.1) is 0 Å². The first-order valence-corrected chi connectivity index (χ1v) is 7.54. The molecule has 3 aromatic rings. The number of nitrogens with one attached hydrogen (secondary N) is 2. The molecule has 5 heteroatoms. The van der Waals surface area contributed by atoms with Crippen LogP contribution in [-0.4, -0.2) is 16.1 Å². The fourth-order valence-corrected chi connectivity index (χ4v) is 2.30. The first-order valence-electron chi connectivity index (χ1n) is 7.54. The van der Waals surface area contributed by atoms with Gasteiger partial charge < -0.3 is 15.7 Å². The average Bonchev–Trinajstić information content (AvgIpc) is 2.62. The van der Waals surface area contributed by atoms with E-state index in [-0.39, 0.29) is 18.3 Å². The molecule has 3 N–H and O–H groups in total. The Kier molecular flexibility index (Phi) is 4.72. The van der Waals surface area contributed by atoms with Crippen molar-refractivity contribution in [3.8, 4) is 16.9 Å². The molecule has 0 radical (unpaired) electrons. The van der Waals surface area contributed by atoms with Gasteiger partial charge in [-0.1, -0.05) is 30.3 Å². The third-order valence-electron chi connectivity index (χ3n) is 3.59. The number of para-hydroxylation sites is 1. The van der Waals surface area contributed by atoms with Crippen molar-refractivity contribution in [1.29, 1.82) is 0 Å². The summed E-state index contributed by atoms with van der Waals surface area (Å²) in [5, 5.41) is 15.2. The fraction of sp³-hybridized carbons (Fsp3) is 0.0526. The number of urea groups is 1. The molecule has 0 unspecified atom stereocenters. The number of phenols is 1. The topological polar surface area (TPSA) is 74.2 Å². The number of carbonyl (C=O) groups excluding carboxylic acids is 1. The van der Waals surface area contributed by atoms with Crippen molar-refractivity contribution in [3.63, 3.8) is 0 Å². The molecule has 1 aromatic heterocycles. The number of anilines is 1. The van der Waals surface area contributed by atoms with Gasteiger partial charge in [0.25, 0.3) is 0 Å². The highest BCUT2D eigenvalue weighted by molar-refractivity contribution is 5.89. The molecule has 2 amide bonds. The SMILES string of the molecule is O=C(NCc1ccccc1O)Nc1ccc(-c2ccncc2)cc1. The molecule has 0 spiro atoms. The van der Waals surface area contributed by atoms with E-state index in [4.69, 9.17) is 0 Å². The lowest BCUT2D eigenvalue weighted by Gasteiger charge is -2.09. The monoisotopic (exact) mass is 319 g/mol. The van der Waals surface area contributed by atoms with E-state index in [9.17, 15) is 9.90 Å². The summed E-state index contributed by atoms with van der Waals surface area (Å²) in [6, 6.07) is 18.0. The van der Waals surface area contributed by atoms with Crippen LogP contribution in [0.25, 0.3) is 11.1 Å². The van der Waals surface area contributed by atoms with Gasteiger partial charge in [0.2, 0.25) is 0 Å². The average molecular weight is 319 g/mol. The zero-order valence-corrected chi connectivity index (χ0v) is 12.9. The summed E-state index contributed by atoms with van der Waals surface area (Å²) in [4.78, 5) is 15.9. The Morgan fingerprint density at radius 1 is 0.917 bits per heavy atom. The molecule has 0 aliphatic heterocycles. The number of carbonyl (C=O) groups is 1. The maximum atomic E-state index is 11.9. The van der Waals surface area contributed by atoms with Gasteiger partial charge in [-0.05, 0) is 41.5 Å². The maximum Gasteiger partial charge on any atom is 0.319 e. The minimum atomic E-state index is -0.324. The highest BCUT2D eigenvalue weighted by atomic mass is 16.3. The second-order valence-corrected chi connectivity index (χ2v) is 5.25. The largest absolute Gasteiger partial charge is 0.508 e. The van der Waals surface area contributed by atoms with Crippen LogP contribution in [0.4, 0.5) is 10.5 Å². The summed E-state index contributed by atoms with van der Waals surface area (Å²) in [6.45, 7) is 0.258. The minimum absolute atomic E-state index is 0.166. The molecule has 0 fully saturated rings. The second-order valence-electron chi connectivity index (χ2n) is 5.25. The number of aromatic hydroxyl groups is 1. The van der Waals surface area contributed by atoms with Crippen molar-refractivity contribution in [1.82, 2.24) is 10.3 Å². The van der Waals surface area contributed by atoms with E-state index in [0.29, 0.717) is 11.3 Å². The minimum Gasteiger partial charge on any atom is -0.508 e. The number of hydrogen-bond acceptors (Lipinski definition) is 3. The molecular formula is C19H17N3O2. The predicted molar refractivity (Wildman–Crippen MR) is 93.6 cm³/mol. The van der Waals surface area contributed by atoms with E-state index < -0.39 is 0 Å². The van der Waals surface area contributed by atoms with Gasteiger partial charge in [0, 0.05) is 30.2 Å². The lowest BCUT2D eigenvalue weighted by Crippen LogP contribution is -2.28. The van der Waals surface area contributed by atoms with Crippen LogP contribution in [0.1, 0.15) is 5.56 Å². The third-order valence-corrected chi connectivity index (χ3v) is 3.59. The Balaban J connectivity index is 1.58. The van der Waals surface area contributed by atoms with Crippen LogP contribution in [0.2, 0.25) is 0 Å². The Bertz CT molecular complexity index is 818. The lowest BCUT2D eigenvalue weighted by atomic mass is 10.1. The molecule has 1 heterocycles. The summed E-state index contributed by atoms with van der Waals surface area (Å²) in [5.41, 5.74) is 3.49. The molecule has 0 aliphatic carbocycles. The van der Waals surface area contributed by atoms with E-state index in [1.165, 1.54) is 0 Å². The molecule has 120 valence electrons. The Hall–Kier alpha value is -3.34. The van der Waals surface area contributed by atoms with Gasteiger partial charge in [0.05, 0.1) is 0 Å². The number of amides is 2. The maximum absolute atomic E-state index is 11.9. The highest BCUT2D eigenvalue weighted by Crippen LogP contribution is 2.20. The summed E-state index contributed by atoms with van der Waals surface area (Å²) in [6.07, 6.45) is 3.49. The molecular weight excluding hydrogens is 302 g/mol. The quantitative estimate of drug-likeness (QED) is 0.685. The molecule has 2 aromatic carbocycles. The zero-order chi connectivity index (χ0) is 16.8. The molecule has 0 saturated heterocycles. The van der Waals surface area contributed by atoms with Crippen molar-refractivity contribution >= 4 is 11.7 Å². The van der Waals surface area contributed by atoms with Gasteiger partial charge in [0.1, 0.15) is 5.75 Å². The van der Waals surface area contributed by atoms with Crippen molar-refractivity contribution in [3.05, 3.63) is 78.6 Å². The molecule has 0 aliphatic rings. The van der Waals surface area contributed by atoms with E-state index >= 15 is 0 Å². The van der Waals surface area contributed by atoms with Gasteiger partial charge in [-0.2, -0.15) is 0 Å². The lowest BCUT2D eigenvalue weighted by molar-refractivity contribution is 0.251. The number of aromatic nitrogens is 1. The van der Waals surface area contributed by atoms with Crippen molar-refractivity contribution in [2.75, 3.05) is 5.32 Å². The van der Waals surface area contributed by atoms with Crippen LogP contribution >= 0.6 is 0 Å². The first-order chi connectivity index (χ1) is 11.7. The summed E-state index contributed by atoms with van der Waals surface area (Å²) < 4.78 is 0. The highest BCUT2D eigenvalue weighted by Gasteiger charge is 2.04. The first kappa shape index (κ1) is 15.6. The summed E-state index contributed by atoms with van der Waals surface area (Å²) in [5.74, 6) is 0.166. The molecule has 0 bridgehead atoms. The smallest absolute Gasteiger partial charge is 0.319 e. The van der Waals surface area contributed by atoms with Crippen molar-refractivity contribution < 1.29 is 9.90 Å². The van der Waals surface area contributed by atoms with Gasteiger partial charge in [0.15, 0.2) is 0 Å². The van der Waals surface area contributed by atoms with E-state index in [2.05, 4.69) is 15.6 Å². The summed E-state index contributed by atoms with van der Waals surface area (Å²) in [7, 11) is 0. The molecule has 24 heavy (non-hydrogen) atoms. The van der Waals surface area contributed by atoms with Crippen LogP contribution in [0.5, 0.6) is 5.75 Å². The molecule has 0 saturated carbocycles. The number of rotatable bonds is 4. The van der Waals surface area contributed by atoms with Crippen LogP contribution in [0.3, 0.4) is 0 Å². The van der Waals surface area contributed by atoms with Crippen LogP contribution in [0, 0.1) is 0 Å². The van der Waals surface area contributed by atoms with Gasteiger partial charge in [-0.3, -0.25) is 4.98 Å². The third kappa shape index (κ3) is 3.89. The van der Waals surface area contributed by atoms with Gasteiger partial charge in [-0.25, -0.2) is 4.79 Å². The standard InChI is InChI=1S/C19H17N3O2/c23-18-4-2-1-3-16(18)13-21-19(24)22-17-7-5-14(6-8-17)15-9-11-20-12-10-15/h1-12,23H,13H2,(H2,21,22,24). The Labute approximate surface area is 140 Å². The van der Waals surface area contributed by atoms with Crippen molar-refractivity contribution in [2.24, 2.45) is 0 Å². The normalized spacial score (nSPS) is 10.2. The second kappa shape index (κ2) is 7.28. The van der Waals surface area contributed by atoms with Crippen LogP contribution < -0.4 is 10.6 Å². The number of nitrogens with zero attached hydrogens (tertiary/aromatic N) is 1. The van der Waals surface area contributed by atoms with Crippen LogP contribution in [0.15, 0.2) is 73.1 Å². The number of pyridine rings is 1. The van der Waals surface area contributed by atoms with Crippen molar-refractivity contribution in [2.45, 2.75) is 6.54 Å². The number of hydrogen-bond donors (Lipinski definition) is 3. The molecule has 0 atom stereocenters. The van der Waals surface area contributed by atoms with E-state index in [1.807, 2.05) is 42.5 Å². The summed E-state index contributed by atoms with van der Waals surface area (Å²) >= 11 is 0. The predicted octanol–water partition coefficient (Wildman–Crippen LogP) is 3.78. The Morgan fingerprint density at radius 3 is 2.29 bits per heavy atom. The zero-order valence-electron chi connectivity index (χ0n) is 12.9. The number of benzene rings is 2. The van der Waals surface area contributed by atoms with E-state index in [1.54, 1.807) is 30.6 Å². The Morgan fingerprint density at radius 2 is 1.58 bits per heavy atom. The van der Waals surface area contributed by atoms with E-state index in [0.717, 1.165) is 11.1 Å². The fourth-order valence-electron chi connectivity index (χ4n) is 2.30. The van der Waals surface area contributed by atoms with Crippen LogP contribution in [-0.2, 0) is 6.54 Å². The molecule has 3 rings (SSSR count). The van der Waals surface area contributed by atoms with Gasteiger partial charge >= 0.3 is 6.03 Å². The molecule has 5 nitrogen and oxygen atoms in total.